The summed E-state index contributed by atoms with van der Waals surface area (Å²) in [4.78, 5) is 14.8. The Kier molecular flexibility index (Phi) is 8.56. The highest BCUT2D eigenvalue weighted by Crippen LogP contribution is 2.23. The van der Waals surface area contributed by atoms with Crippen molar-refractivity contribution in [3.8, 4) is 0 Å². The Morgan fingerprint density at radius 1 is 1.11 bits per heavy atom. The fourth-order valence-corrected chi connectivity index (χ4v) is 3.60. The molecule has 4 heteroatoms. The van der Waals surface area contributed by atoms with E-state index in [1.807, 2.05) is 48.5 Å². The fourth-order valence-electron chi connectivity index (χ4n) is 3.60. The number of aryl methyl sites for hydroxylation is 1. The number of nitrogens with zero attached hydrogens (tertiary/aromatic N) is 1. The van der Waals surface area contributed by atoms with Crippen molar-refractivity contribution in [2.24, 2.45) is 0 Å². The van der Waals surface area contributed by atoms with E-state index >= 15 is 0 Å². The lowest BCUT2D eigenvalue weighted by molar-refractivity contribution is -0.111. The van der Waals surface area contributed by atoms with Crippen LogP contribution in [-0.4, -0.2) is 30.4 Å². The lowest BCUT2D eigenvalue weighted by Gasteiger charge is -2.32. The Morgan fingerprint density at radius 3 is 2.63 bits per heavy atom. The number of piperidine rings is 1. The summed E-state index contributed by atoms with van der Waals surface area (Å²) in [5.74, 6) is -0.0870. The SMILES string of the molecule is CN1CCCC[C@H]1CCc1ccccc1NC(=O)C=Cc1ccccc1.Cl. The van der Waals surface area contributed by atoms with Crippen molar-refractivity contribution in [2.75, 3.05) is 18.9 Å². The second-order valence-electron chi connectivity index (χ2n) is 7.06. The molecular formula is C23H29ClN2O. The van der Waals surface area contributed by atoms with Crippen LogP contribution in [0.1, 0.15) is 36.8 Å². The summed E-state index contributed by atoms with van der Waals surface area (Å²) in [6.07, 6.45) is 9.50. The van der Waals surface area contributed by atoms with Crippen LogP contribution in [-0.2, 0) is 11.2 Å². The summed E-state index contributed by atoms with van der Waals surface area (Å²) in [6, 6.07) is 18.7. The van der Waals surface area contributed by atoms with E-state index in [1.54, 1.807) is 6.08 Å². The molecule has 1 heterocycles. The summed E-state index contributed by atoms with van der Waals surface area (Å²) in [6.45, 7) is 1.20. The van der Waals surface area contributed by atoms with Crippen LogP contribution in [0.2, 0.25) is 0 Å². The number of anilines is 1. The zero-order valence-electron chi connectivity index (χ0n) is 15.9. The van der Waals surface area contributed by atoms with Gasteiger partial charge in [-0.05, 0) is 62.5 Å². The first-order chi connectivity index (χ1) is 12.7. The summed E-state index contributed by atoms with van der Waals surface area (Å²) < 4.78 is 0. The fraction of sp³-hybridized carbons (Fsp3) is 0.348. The van der Waals surface area contributed by atoms with Crippen molar-refractivity contribution >= 4 is 30.1 Å². The van der Waals surface area contributed by atoms with Gasteiger partial charge in [0.2, 0.25) is 5.91 Å². The Balaban J connectivity index is 0.00000261. The van der Waals surface area contributed by atoms with Gasteiger partial charge in [0.05, 0.1) is 0 Å². The zero-order chi connectivity index (χ0) is 18.2. The summed E-state index contributed by atoms with van der Waals surface area (Å²) >= 11 is 0. The molecule has 0 bridgehead atoms. The van der Waals surface area contributed by atoms with Gasteiger partial charge in [-0.25, -0.2) is 0 Å². The molecule has 1 atom stereocenters. The van der Waals surface area contributed by atoms with E-state index in [9.17, 15) is 4.79 Å². The smallest absolute Gasteiger partial charge is 0.248 e. The maximum Gasteiger partial charge on any atom is 0.248 e. The molecule has 0 aromatic heterocycles. The highest BCUT2D eigenvalue weighted by Gasteiger charge is 2.18. The summed E-state index contributed by atoms with van der Waals surface area (Å²) in [5, 5.41) is 3.04. The van der Waals surface area contributed by atoms with Crippen LogP contribution in [0.5, 0.6) is 0 Å². The van der Waals surface area contributed by atoms with Gasteiger partial charge in [0, 0.05) is 17.8 Å². The first-order valence-electron chi connectivity index (χ1n) is 9.54. The van der Waals surface area contributed by atoms with Crippen LogP contribution in [0.4, 0.5) is 5.69 Å². The number of amides is 1. The molecule has 3 rings (SSSR count). The molecule has 0 unspecified atom stereocenters. The molecule has 1 saturated heterocycles. The number of halogens is 1. The Bertz CT molecular complexity index is 745. The summed E-state index contributed by atoms with van der Waals surface area (Å²) in [7, 11) is 2.23. The van der Waals surface area contributed by atoms with E-state index in [-0.39, 0.29) is 18.3 Å². The summed E-state index contributed by atoms with van der Waals surface area (Å²) in [5.41, 5.74) is 3.16. The van der Waals surface area contributed by atoms with Crippen molar-refractivity contribution in [3.05, 3.63) is 71.8 Å². The third kappa shape index (κ3) is 6.53. The number of nitrogens with one attached hydrogen (secondary N) is 1. The molecule has 0 spiro atoms. The predicted octanol–water partition coefficient (Wildman–Crippen LogP) is 5.18. The molecule has 144 valence electrons. The van der Waals surface area contributed by atoms with Gasteiger partial charge in [0.15, 0.2) is 0 Å². The zero-order valence-corrected chi connectivity index (χ0v) is 16.8. The number of para-hydroxylation sites is 1. The van der Waals surface area contributed by atoms with E-state index in [0.29, 0.717) is 6.04 Å². The quantitative estimate of drug-likeness (QED) is 0.696. The molecule has 1 aliphatic heterocycles. The average molecular weight is 385 g/mol. The standard InChI is InChI=1S/C23H28N2O.ClH/c1-25-18-8-7-12-21(25)16-15-20-11-5-6-13-22(20)24-23(26)17-14-19-9-3-2-4-10-19;/h2-6,9-11,13-14,17,21H,7-8,12,15-16,18H2,1H3,(H,24,26);1H/t21-;/m0./s1. The van der Waals surface area contributed by atoms with Crippen molar-refractivity contribution in [3.63, 3.8) is 0 Å². The Hall–Kier alpha value is -2.10. The molecule has 1 N–H and O–H groups in total. The number of benzene rings is 2. The minimum absolute atomic E-state index is 0. The van der Waals surface area contributed by atoms with Crippen molar-refractivity contribution in [1.29, 1.82) is 0 Å². The van der Waals surface area contributed by atoms with Gasteiger partial charge in [0.1, 0.15) is 0 Å². The van der Waals surface area contributed by atoms with Gasteiger partial charge >= 0.3 is 0 Å². The van der Waals surface area contributed by atoms with E-state index in [1.165, 1.54) is 31.4 Å². The van der Waals surface area contributed by atoms with E-state index in [0.717, 1.165) is 24.1 Å². The number of carbonyl (C=O) groups is 1. The van der Waals surface area contributed by atoms with Gasteiger partial charge < -0.3 is 10.2 Å². The van der Waals surface area contributed by atoms with Crippen LogP contribution < -0.4 is 5.32 Å². The highest BCUT2D eigenvalue weighted by atomic mass is 35.5. The normalized spacial score (nSPS) is 17.4. The van der Waals surface area contributed by atoms with Crippen molar-refractivity contribution in [1.82, 2.24) is 4.90 Å². The number of rotatable bonds is 6. The first-order valence-corrected chi connectivity index (χ1v) is 9.54. The molecule has 3 nitrogen and oxygen atoms in total. The van der Waals surface area contributed by atoms with Crippen LogP contribution in [0.15, 0.2) is 60.7 Å². The molecule has 1 fully saturated rings. The highest BCUT2D eigenvalue weighted by molar-refractivity contribution is 6.02. The average Bonchev–Trinajstić information content (AvgIpc) is 2.68. The van der Waals surface area contributed by atoms with Gasteiger partial charge in [-0.1, -0.05) is 55.0 Å². The van der Waals surface area contributed by atoms with Crippen LogP contribution in [0.3, 0.4) is 0 Å². The van der Waals surface area contributed by atoms with Gasteiger partial charge in [0.25, 0.3) is 0 Å². The molecule has 2 aromatic rings. The minimum atomic E-state index is -0.0870. The number of carbonyl (C=O) groups excluding carboxylic acids is 1. The maximum atomic E-state index is 12.3. The number of hydrogen-bond donors (Lipinski definition) is 1. The van der Waals surface area contributed by atoms with Crippen molar-refractivity contribution < 1.29 is 4.79 Å². The van der Waals surface area contributed by atoms with Crippen molar-refractivity contribution in [2.45, 2.75) is 38.1 Å². The molecule has 27 heavy (non-hydrogen) atoms. The van der Waals surface area contributed by atoms with E-state index in [4.69, 9.17) is 0 Å². The Morgan fingerprint density at radius 2 is 1.85 bits per heavy atom. The van der Waals surface area contributed by atoms with Gasteiger partial charge in [-0.2, -0.15) is 0 Å². The van der Waals surface area contributed by atoms with Crippen LogP contribution in [0.25, 0.3) is 6.08 Å². The Labute approximate surface area is 168 Å². The maximum absolute atomic E-state index is 12.3. The molecule has 2 aromatic carbocycles. The molecule has 0 aliphatic carbocycles. The largest absolute Gasteiger partial charge is 0.322 e. The molecule has 1 amide bonds. The second-order valence-corrected chi connectivity index (χ2v) is 7.06. The second kappa shape index (κ2) is 10.9. The molecule has 0 radical (unpaired) electrons. The number of likely N-dealkylation sites (tertiary alicyclic amines) is 1. The monoisotopic (exact) mass is 384 g/mol. The first kappa shape index (κ1) is 21.2. The topological polar surface area (TPSA) is 32.3 Å². The van der Waals surface area contributed by atoms with Crippen LogP contribution >= 0.6 is 12.4 Å². The van der Waals surface area contributed by atoms with Gasteiger partial charge in [-0.15, -0.1) is 12.4 Å². The number of hydrogen-bond acceptors (Lipinski definition) is 2. The molecule has 0 saturated carbocycles. The third-order valence-electron chi connectivity index (χ3n) is 5.17. The molecule has 1 aliphatic rings. The predicted molar refractivity (Wildman–Crippen MR) is 116 cm³/mol. The van der Waals surface area contributed by atoms with E-state index < -0.39 is 0 Å². The lowest BCUT2D eigenvalue weighted by Crippen LogP contribution is -2.36. The lowest BCUT2D eigenvalue weighted by atomic mass is 9.96. The molecular weight excluding hydrogens is 356 g/mol. The minimum Gasteiger partial charge on any atom is -0.322 e. The van der Waals surface area contributed by atoms with Gasteiger partial charge in [-0.3, -0.25) is 4.79 Å². The van der Waals surface area contributed by atoms with Crippen LogP contribution in [0, 0.1) is 0 Å². The van der Waals surface area contributed by atoms with E-state index in [2.05, 4.69) is 29.4 Å². The third-order valence-corrected chi connectivity index (χ3v) is 5.17.